The molecule has 0 spiro atoms. The van der Waals surface area contributed by atoms with Gasteiger partial charge in [0.25, 0.3) is 0 Å². The highest BCUT2D eigenvalue weighted by Gasteiger charge is 2.17. The molecule has 2 N–H and O–H groups in total. The summed E-state index contributed by atoms with van der Waals surface area (Å²) < 4.78 is 5.96. The van der Waals surface area contributed by atoms with E-state index in [1.165, 1.54) is 12.8 Å². The third-order valence-electron chi connectivity index (χ3n) is 4.09. The molecule has 0 saturated heterocycles. The third kappa shape index (κ3) is 7.68. The van der Waals surface area contributed by atoms with Crippen molar-refractivity contribution in [3.8, 4) is 5.88 Å². The maximum absolute atomic E-state index is 5.96. The fraction of sp³-hybridized carbons (Fsp3) is 0.667. The molecule has 0 aliphatic heterocycles. The van der Waals surface area contributed by atoms with Gasteiger partial charge in [0.1, 0.15) is 6.10 Å². The van der Waals surface area contributed by atoms with E-state index < -0.39 is 0 Å². The zero-order valence-corrected chi connectivity index (χ0v) is 17.4. The lowest BCUT2D eigenvalue weighted by Crippen LogP contribution is -2.37. The lowest BCUT2D eigenvalue weighted by Gasteiger charge is -2.14. The van der Waals surface area contributed by atoms with Crippen molar-refractivity contribution in [3.05, 3.63) is 23.9 Å². The molecule has 2 rings (SSSR count). The molecule has 1 heterocycles. The lowest BCUT2D eigenvalue weighted by atomic mass is 10.1. The van der Waals surface area contributed by atoms with Crippen molar-refractivity contribution < 1.29 is 4.74 Å². The fourth-order valence-electron chi connectivity index (χ4n) is 2.69. The number of hydrogen-bond acceptors (Lipinski definition) is 3. The highest BCUT2D eigenvalue weighted by atomic mass is 127. The van der Waals surface area contributed by atoms with E-state index in [-0.39, 0.29) is 24.0 Å². The summed E-state index contributed by atoms with van der Waals surface area (Å²) in [5.41, 5.74) is 1.15. The smallest absolute Gasteiger partial charge is 0.213 e. The number of aliphatic imine (C=N–C) groups is 1. The van der Waals surface area contributed by atoms with E-state index in [2.05, 4.69) is 34.5 Å². The SMILES string of the molecule is CN=C(NCCC(C)C)NCc1ccnc(OC2CCCC2)c1.I. The Labute approximate surface area is 163 Å². The second-order valence-corrected chi connectivity index (χ2v) is 6.56. The molecular weight excluding hydrogens is 415 g/mol. The molecule has 0 atom stereocenters. The van der Waals surface area contributed by atoms with Crippen molar-refractivity contribution in [3.63, 3.8) is 0 Å². The molecule has 1 aliphatic rings. The predicted octanol–water partition coefficient (Wildman–Crippen LogP) is 3.73. The first-order chi connectivity index (χ1) is 11.2. The van der Waals surface area contributed by atoms with Gasteiger partial charge < -0.3 is 15.4 Å². The van der Waals surface area contributed by atoms with Crippen molar-refractivity contribution >= 4 is 29.9 Å². The monoisotopic (exact) mass is 446 g/mol. The van der Waals surface area contributed by atoms with Crippen LogP contribution in [0.5, 0.6) is 5.88 Å². The average molecular weight is 446 g/mol. The summed E-state index contributed by atoms with van der Waals surface area (Å²) in [4.78, 5) is 8.58. The molecular formula is C18H31IN4O. The van der Waals surface area contributed by atoms with Crippen LogP contribution in [0.2, 0.25) is 0 Å². The Morgan fingerprint density at radius 2 is 2.08 bits per heavy atom. The Morgan fingerprint density at radius 3 is 2.75 bits per heavy atom. The summed E-state index contributed by atoms with van der Waals surface area (Å²) in [6.45, 7) is 6.09. The van der Waals surface area contributed by atoms with Gasteiger partial charge in [0.15, 0.2) is 5.96 Å². The van der Waals surface area contributed by atoms with Crippen LogP contribution >= 0.6 is 24.0 Å². The number of halogens is 1. The van der Waals surface area contributed by atoms with Gasteiger partial charge in [-0.1, -0.05) is 13.8 Å². The largest absolute Gasteiger partial charge is 0.474 e. The molecule has 1 aromatic rings. The summed E-state index contributed by atoms with van der Waals surface area (Å²) in [6, 6.07) is 4.03. The van der Waals surface area contributed by atoms with E-state index in [0.717, 1.165) is 43.2 Å². The molecule has 1 aliphatic carbocycles. The van der Waals surface area contributed by atoms with Crippen LogP contribution in [0.15, 0.2) is 23.3 Å². The Bertz CT molecular complexity index is 502. The van der Waals surface area contributed by atoms with Gasteiger partial charge in [-0.15, -0.1) is 24.0 Å². The molecule has 0 amide bonds. The van der Waals surface area contributed by atoms with E-state index in [4.69, 9.17) is 4.74 Å². The predicted molar refractivity (Wildman–Crippen MR) is 110 cm³/mol. The molecule has 24 heavy (non-hydrogen) atoms. The first-order valence-corrected chi connectivity index (χ1v) is 8.73. The molecule has 136 valence electrons. The third-order valence-corrected chi connectivity index (χ3v) is 4.09. The van der Waals surface area contributed by atoms with E-state index in [0.29, 0.717) is 18.6 Å². The van der Waals surface area contributed by atoms with Gasteiger partial charge in [0, 0.05) is 32.4 Å². The van der Waals surface area contributed by atoms with Gasteiger partial charge in [-0.2, -0.15) is 0 Å². The van der Waals surface area contributed by atoms with Crippen LogP contribution in [0.25, 0.3) is 0 Å². The number of guanidine groups is 1. The van der Waals surface area contributed by atoms with E-state index in [1.54, 1.807) is 7.05 Å². The number of rotatable bonds is 7. The summed E-state index contributed by atoms with van der Waals surface area (Å²) in [6.07, 6.45) is 8.13. The molecule has 1 aromatic heterocycles. The highest BCUT2D eigenvalue weighted by molar-refractivity contribution is 14.0. The molecule has 0 unspecified atom stereocenters. The van der Waals surface area contributed by atoms with Gasteiger partial charge in [-0.3, -0.25) is 4.99 Å². The normalized spacial score (nSPS) is 15.2. The van der Waals surface area contributed by atoms with Crippen LogP contribution in [-0.4, -0.2) is 30.6 Å². The fourth-order valence-corrected chi connectivity index (χ4v) is 2.69. The molecule has 1 fully saturated rings. The lowest BCUT2D eigenvalue weighted by molar-refractivity contribution is 0.201. The quantitative estimate of drug-likeness (QED) is 0.381. The van der Waals surface area contributed by atoms with E-state index >= 15 is 0 Å². The number of ether oxygens (including phenoxy) is 1. The Kier molecular flexibility index (Phi) is 10.1. The zero-order valence-electron chi connectivity index (χ0n) is 15.0. The maximum atomic E-state index is 5.96. The van der Waals surface area contributed by atoms with Crippen LogP contribution < -0.4 is 15.4 Å². The molecule has 0 radical (unpaired) electrons. The first kappa shape index (κ1) is 21.0. The van der Waals surface area contributed by atoms with Crippen molar-refractivity contribution in [2.45, 2.75) is 58.6 Å². The van der Waals surface area contributed by atoms with Crippen LogP contribution in [0, 0.1) is 5.92 Å². The minimum Gasteiger partial charge on any atom is -0.474 e. The minimum atomic E-state index is 0. The molecule has 0 bridgehead atoms. The van der Waals surface area contributed by atoms with Crippen molar-refractivity contribution in [1.82, 2.24) is 15.6 Å². The summed E-state index contributed by atoms with van der Waals surface area (Å²) >= 11 is 0. The summed E-state index contributed by atoms with van der Waals surface area (Å²) in [7, 11) is 1.80. The Hall–Kier alpha value is -1.05. The van der Waals surface area contributed by atoms with Crippen LogP contribution in [-0.2, 0) is 6.54 Å². The highest BCUT2D eigenvalue weighted by Crippen LogP contribution is 2.23. The van der Waals surface area contributed by atoms with Crippen LogP contribution in [0.3, 0.4) is 0 Å². The second-order valence-electron chi connectivity index (χ2n) is 6.56. The van der Waals surface area contributed by atoms with Gasteiger partial charge in [0.05, 0.1) is 0 Å². The minimum absolute atomic E-state index is 0. The number of hydrogen-bond donors (Lipinski definition) is 2. The van der Waals surface area contributed by atoms with E-state index in [1.807, 2.05) is 18.3 Å². The summed E-state index contributed by atoms with van der Waals surface area (Å²) in [5.74, 6) is 2.26. The maximum Gasteiger partial charge on any atom is 0.213 e. The van der Waals surface area contributed by atoms with Gasteiger partial charge in [-0.25, -0.2) is 4.98 Å². The molecule has 5 nitrogen and oxygen atoms in total. The van der Waals surface area contributed by atoms with Crippen molar-refractivity contribution in [2.75, 3.05) is 13.6 Å². The Morgan fingerprint density at radius 1 is 1.33 bits per heavy atom. The number of pyridine rings is 1. The first-order valence-electron chi connectivity index (χ1n) is 8.73. The Balaban J connectivity index is 0.00000288. The molecule has 1 saturated carbocycles. The van der Waals surface area contributed by atoms with Gasteiger partial charge in [0.2, 0.25) is 5.88 Å². The van der Waals surface area contributed by atoms with Crippen molar-refractivity contribution in [2.24, 2.45) is 10.9 Å². The van der Waals surface area contributed by atoms with Gasteiger partial charge >= 0.3 is 0 Å². The number of aromatic nitrogens is 1. The second kappa shape index (κ2) is 11.5. The zero-order chi connectivity index (χ0) is 16.5. The number of nitrogens with one attached hydrogen (secondary N) is 2. The standard InChI is InChI=1S/C18H30N4O.HI/c1-14(2)8-10-21-18(19-3)22-13-15-9-11-20-17(12-15)23-16-6-4-5-7-16;/h9,11-12,14,16H,4-8,10,13H2,1-3H3,(H2,19,21,22);1H. The molecule has 0 aromatic carbocycles. The topological polar surface area (TPSA) is 58.5 Å². The van der Waals surface area contributed by atoms with Crippen LogP contribution in [0.1, 0.15) is 51.5 Å². The van der Waals surface area contributed by atoms with Crippen LogP contribution in [0.4, 0.5) is 0 Å². The molecule has 6 heteroatoms. The van der Waals surface area contributed by atoms with Crippen molar-refractivity contribution in [1.29, 1.82) is 0 Å². The average Bonchev–Trinajstić information content (AvgIpc) is 3.03. The number of nitrogens with zero attached hydrogens (tertiary/aromatic N) is 2. The summed E-state index contributed by atoms with van der Waals surface area (Å²) in [5, 5.41) is 6.67. The van der Waals surface area contributed by atoms with E-state index in [9.17, 15) is 0 Å². The van der Waals surface area contributed by atoms with Gasteiger partial charge in [-0.05, 0) is 49.7 Å².